The highest BCUT2D eigenvalue weighted by Gasteiger charge is 2.30. The molecular weight excluding hydrogens is 273 g/mol. The summed E-state index contributed by atoms with van der Waals surface area (Å²) in [7, 11) is 1.94. The summed E-state index contributed by atoms with van der Waals surface area (Å²) in [6.07, 6.45) is -0.241. The van der Waals surface area contributed by atoms with E-state index in [1.807, 2.05) is 7.05 Å². The molecule has 1 aromatic rings. The van der Waals surface area contributed by atoms with Crippen LogP contribution in [0.3, 0.4) is 0 Å². The molecule has 0 fully saturated rings. The van der Waals surface area contributed by atoms with Gasteiger partial charge in [0.05, 0.1) is 10.6 Å². The zero-order chi connectivity index (χ0) is 14.3. The minimum atomic E-state index is -4.31. The van der Waals surface area contributed by atoms with Gasteiger partial charge < -0.3 is 5.32 Å². The van der Waals surface area contributed by atoms with Crippen LogP contribution < -0.4 is 5.32 Å². The summed E-state index contributed by atoms with van der Waals surface area (Å²) in [4.78, 5) is 3.83. The van der Waals surface area contributed by atoms with Crippen molar-refractivity contribution < 1.29 is 13.2 Å². The summed E-state index contributed by atoms with van der Waals surface area (Å²) in [5, 5.41) is 3.87. The molecule has 0 aromatic carbocycles. The Morgan fingerprint density at radius 1 is 1.37 bits per heavy atom. The first-order valence-electron chi connectivity index (χ1n) is 6.30. The van der Waals surface area contributed by atoms with Crippen molar-refractivity contribution in [3.05, 3.63) is 23.9 Å². The number of thioether (sulfide) groups is 1. The summed E-state index contributed by atoms with van der Waals surface area (Å²) >= 11 is 1.50. The van der Waals surface area contributed by atoms with Crippen molar-refractivity contribution in [3.63, 3.8) is 0 Å². The molecule has 0 radical (unpaired) electrons. The molecule has 0 saturated heterocycles. The summed E-state index contributed by atoms with van der Waals surface area (Å²) in [6.45, 7) is 2.13. The molecular formula is C13H19F3N2S. The molecule has 1 heterocycles. The summed E-state index contributed by atoms with van der Waals surface area (Å²) in [5.74, 6) is 0.872. The number of hydrogen-bond acceptors (Lipinski definition) is 3. The van der Waals surface area contributed by atoms with E-state index in [2.05, 4.69) is 17.2 Å². The normalized spacial score (nSPS) is 13.5. The third-order valence-corrected chi connectivity index (χ3v) is 3.94. The van der Waals surface area contributed by atoms with Crippen molar-refractivity contribution in [3.8, 4) is 0 Å². The van der Waals surface area contributed by atoms with Crippen LogP contribution in [0, 0.1) is 0 Å². The minimum Gasteiger partial charge on any atom is -0.317 e. The average Bonchev–Trinajstić information content (AvgIpc) is 2.38. The van der Waals surface area contributed by atoms with E-state index >= 15 is 0 Å². The molecule has 1 atom stereocenters. The van der Waals surface area contributed by atoms with E-state index in [9.17, 15) is 13.2 Å². The molecule has 0 saturated carbocycles. The topological polar surface area (TPSA) is 24.9 Å². The number of halogens is 3. The molecule has 108 valence electrons. The quantitative estimate of drug-likeness (QED) is 0.608. The van der Waals surface area contributed by atoms with Crippen LogP contribution >= 0.6 is 11.8 Å². The third-order valence-electron chi connectivity index (χ3n) is 2.91. The lowest BCUT2D eigenvalue weighted by atomic mass is 10.1. The van der Waals surface area contributed by atoms with Crippen molar-refractivity contribution in [1.29, 1.82) is 0 Å². The van der Waals surface area contributed by atoms with Crippen LogP contribution in [0.25, 0.3) is 0 Å². The lowest BCUT2D eigenvalue weighted by Crippen LogP contribution is -2.23. The minimum absolute atomic E-state index is 0.515. The zero-order valence-electron chi connectivity index (χ0n) is 11.1. The Labute approximate surface area is 116 Å². The molecule has 0 spiro atoms. The van der Waals surface area contributed by atoms with Crippen molar-refractivity contribution in [2.45, 2.75) is 43.4 Å². The first-order valence-corrected chi connectivity index (χ1v) is 7.29. The molecule has 1 N–H and O–H groups in total. The molecule has 1 aromatic heterocycles. The molecule has 0 bridgehead atoms. The fraction of sp³-hybridized carbons (Fsp3) is 0.615. The average molecular weight is 292 g/mol. The van der Waals surface area contributed by atoms with Gasteiger partial charge in [0.25, 0.3) is 0 Å². The van der Waals surface area contributed by atoms with Crippen molar-refractivity contribution >= 4 is 11.8 Å². The smallest absolute Gasteiger partial charge is 0.317 e. The van der Waals surface area contributed by atoms with Crippen LogP contribution in [0.1, 0.15) is 31.7 Å². The fourth-order valence-electron chi connectivity index (χ4n) is 1.69. The zero-order valence-corrected chi connectivity index (χ0v) is 11.9. The van der Waals surface area contributed by atoms with Gasteiger partial charge in [-0.3, -0.25) is 0 Å². The lowest BCUT2D eigenvalue weighted by molar-refractivity contribution is -0.137. The van der Waals surface area contributed by atoms with Gasteiger partial charge in [-0.2, -0.15) is 13.2 Å². The number of aromatic nitrogens is 1. The van der Waals surface area contributed by atoms with Crippen LogP contribution in [0.2, 0.25) is 0 Å². The summed E-state index contributed by atoms with van der Waals surface area (Å²) in [5.41, 5.74) is -0.696. The van der Waals surface area contributed by atoms with E-state index in [0.717, 1.165) is 37.3 Å². The maximum Gasteiger partial charge on any atom is 0.417 e. The Hall–Kier alpha value is -0.750. The van der Waals surface area contributed by atoms with Gasteiger partial charge in [-0.1, -0.05) is 6.92 Å². The first-order chi connectivity index (χ1) is 8.97. The van der Waals surface area contributed by atoms with Gasteiger partial charge in [0.2, 0.25) is 0 Å². The highest BCUT2D eigenvalue weighted by molar-refractivity contribution is 7.99. The molecule has 19 heavy (non-hydrogen) atoms. The Morgan fingerprint density at radius 2 is 2.11 bits per heavy atom. The molecule has 1 rings (SSSR count). The second-order valence-electron chi connectivity index (χ2n) is 4.27. The van der Waals surface area contributed by atoms with E-state index in [1.165, 1.54) is 17.8 Å². The molecule has 6 heteroatoms. The van der Waals surface area contributed by atoms with E-state index in [-0.39, 0.29) is 0 Å². The Morgan fingerprint density at radius 3 is 2.58 bits per heavy atom. The van der Waals surface area contributed by atoms with E-state index < -0.39 is 11.7 Å². The molecule has 1 unspecified atom stereocenters. The predicted molar refractivity (Wildman–Crippen MR) is 72.3 cm³/mol. The Kier molecular flexibility index (Phi) is 6.65. The standard InChI is InChI=1S/C13H19F3N2S/c1-3-11(17-2)5-4-8-19-12-7-6-10(9-18-12)13(14,15)16/h6-7,9,11,17H,3-5,8H2,1-2H3. The number of hydrogen-bond donors (Lipinski definition) is 1. The van der Waals surface area contributed by atoms with Gasteiger partial charge >= 0.3 is 6.18 Å². The van der Waals surface area contributed by atoms with Crippen LogP contribution in [0.5, 0.6) is 0 Å². The third kappa shape index (κ3) is 5.82. The Bertz CT molecular complexity index is 361. The predicted octanol–water partition coefficient (Wildman–Crippen LogP) is 3.97. The van der Waals surface area contributed by atoms with Gasteiger partial charge in [-0.25, -0.2) is 4.98 Å². The second-order valence-corrected chi connectivity index (χ2v) is 5.38. The van der Waals surface area contributed by atoms with Gasteiger partial charge in [-0.15, -0.1) is 11.8 Å². The lowest BCUT2D eigenvalue weighted by Gasteiger charge is -2.12. The van der Waals surface area contributed by atoms with E-state index in [4.69, 9.17) is 0 Å². The Balaban J connectivity index is 2.34. The number of nitrogens with zero attached hydrogens (tertiary/aromatic N) is 1. The highest BCUT2D eigenvalue weighted by atomic mass is 32.2. The van der Waals surface area contributed by atoms with Crippen LogP contribution in [0.15, 0.2) is 23.4 Å². The highest BCUT2D eigenvalue weighted by Crippen LogP contribution is 2.29. The molecule has 2 nitrogen and oxygen atoms in total. The van der Waals surface area contributed by atoms with Crippen LogP contribution in [-0.4, -0.2) is 23.8 Å². The second kappa shape index (κ2) is 7.75. The van der Waals surface area contributed by atoms with Gasteiger partial charge in [-0.05, 0) is 44.2 Å². The fourth-order valence-corrected chi connectivity index (χ4v) is 2.50. The maximum absolute atomic E-state index is 12.3. The summed E-state index contributed by atoms with van der Waals surface area (Å²) < 4.78 is 37.0. The number of rotatable bonds is 7. The maximum atomic E-state index is 12.3. The van der Waals surface area contributed by atoms with Gasteiger partial charge in [0, 0.05) is 12.2 Å². The first kappa shape index (κ1) is 16.3. The van der Waals surface area contributed by atoms with E-state index in [0.29, 0.717) is 11.1 Å². The van der Waals surface area contributed by atoms with Crippen molar-refractivity contribution in [2.75, 3.05) is 12.8 Å². The largest absolute Gasteiger partial charge is 0.417 e. The number of pyridine rings is 1. The van der Waals surface area contributed by atoms with Crippen molar-refractivity contribution in [2.24, 2.45) is 0 Å². The molecule has 0 aliphatic rings. The summed E-state index contributed by atoms with van der Waals surface area (Å²) in [6, 6.07) is 3.03. The molecule has 0 aliphatic heterocycles. The van der Waals surface area contributed by atoms with E-state index in [1.54, 1.807) is 0 Å². The van der Waals surface area contributed by atoms with Gasteiger partial charge in [0.15, 0.2) is 0 Å². The van der Waals surface area contributed by atoms with Crippen LogP contribution in [0.4, 0.5) is 13.2 Å². The van der Waals surface area contributed by atoms with Crippen molar-refractivity contribution in [1.82, 2.24) is 10.3 Å². The van der Waals surface area contributed by atoms with Crippen LogP contribution in [-0.2, 0) is 6.18 Å². The van der Waals surface area contributed by atoms with Gasteiger partial charge in [0.1, 0.15) is 0 Å². The molecule has 0 aliphatic carbocycles. The number of nitrogens with one attached hydrogen (secondary N) is 1. The number of alkyl halides is 3. The SMILES string of the molecule is CCC(CCCSc1ccc(C(F)(F)F)cn1)NC. The molecule has 0 amide bonds. The monoisotopic (exact) mass is 292 g/mol.